The Bertz CT molecular complexity index is 644. The maximum atomic E-state index is 11.1. The lowest BCUT2D eigenvalue weighted by Gasteiger charge is -2.02. The molecular weight excluding hydrogens is 311 g/mol. The minimum absolute atomic E-state index is 0.0822. The van der Waals surface area contributed by atoms with Crippen LogP contribution in [0.15, 0.2) is 46.0 Å². The highest BCUT2D eigenvalue weighted by atomic mass is 35.5. The molecule has 0 saturated heterocycles. The molecule has 0 aromatic heterocycles. The van der Waals surface area contributed by atoms with Crippen LogP contribution in [0.1, 0.15) is 0 Å². The van der Waals surface area contributed by atoms with Gasteiger partial charge in [-0.25, -0.2) is 0 Å². The van der Waals surface area contributed by atoms with E-state index in [2.05, 4.69) is 10.6 Å². The van der Waals surface area contributed by atoms with E-state index in [-0.39, 0.29) is 5.82 Å². The molecule has 0 amide bonds. The number of nitrogens with one attached hydrogen (secondary N) is 2. The molecule has 0 radical (unpaired) electrons. The minimum Gasteiger partial charge on any atom is -0.334 e. The van der Waals surface area contributed by atoms with E-state index in [9.17, 15) is 20.2 Å². The van der Waals surface area contributed by atoms with Crippen LogP contribution in [0, 0.1) is 20.2 Å². The van der Waals surface area contributed by atoms with Crippen LogP contribution in [0.5, 0.6) is 0 Å². The molecule has 10 heteroatoms. The monoisotopic (exact) mass is 316 g/mol. The number of hydrogen-bond donors (Lipinski definition) is 2. The molecule has 0 unspecified atom stereocenters. The number of halogens is 2. The van der Waals surface area contributed by atoms with Gasteiger partial charge in [-0.15, -0.1) is 0 Å². The number of para-hydroxylation sites is 2. The van der Waals surface area contributed by atoms with E-state index in [0.717, 1.165) is 0 Å². The lowest BCUT2D eigenvalue weighted by molar-refractivity contribution is -0.429. The highest BCUT2D eigenvalue weighted by Gasteiger charge is 2.33. The van der Waals surface area contributed by atoms with Crippen LogP contribution in [-0.4, -0.2) is 9.85 Å². The van der Waals surface area contributed by atoms with Gasteiger partial charge in [0.15, 0.2) is 5.82 Å². The van der Waals surface area contributed by atoms with Crippen LogP contribution in [0.25, 0.3) is 0 Å². The summed E-state index contributed by atoms with van der Waals surface area (Å²) in [5.41, 5.74) is 0.469. The summed E-state index contributed by atoms with van der Waals surface area (Å²) in [6, 6.07) is 6.81. The quantitative estimate of drug-likeness (QED) is 0.504. The highest BCUT2D eigenvalue weighted by Crippen LogP contribution is 2.34. The number of hydrogen-bond acceptors (Lipinski definition) is 6. The third kappa shape index (κ3) is 2.51. The molecule has 0 atom stereocenters. The number of allylic oxidation sites excluding steroid dienone is 1. The van der Waals surface area contributed by atoms with Gasteiger partial charge in [0.25, 0.3) is 0 Å². The third-order valence-electron chi connectivity index (χ3n) is 2.42. The number of benzene rings is 1. The third-order valence-corrected chi connectivity index (χ3v) is 3.20. The summed E-state index contributed by atoms with van der Waals surface area (Å²) in [6.45, 7) is 0. The van der Waals surface area contributed by atoms with Crippen molar-refractivity contribution in [3.63, 3.8) is 0 Å². The van der Waals surface area contributed by atoms with Gasteiger partial charge in [-0.2, -0.15) is 0 Å². The summed E-state index contributed by atoms with van der Waals surface area (Å²) in [5, 5.41) is 25.3. The van der Waals surface area contributed by atoms with Gasteiger partial charge in [0, 0.05) is 0 Å². The largest absolute Gasteiger partial charge is 0.363 e. The van der Waals surface area contributed by atoms with Gasteiger partial charge < -0.3 is 10.6 Å². The number of anilines is 2. The van der Waals surface area contributed by atoms with Crippen molar-refractivity contribution in [3.8, 4) is 0 Å². The van der Waals surface area contributed by atoms with Crippen molar-refractivity contribution in [2.24, 2.45) is 0 Å². The van der Waals surface area contributed by atoms with Crippen LogP contribution in [0.2, 0.25) is 0 Å². The van der Waals surface area contributed by atoms with Gasteiger partial charge in [-0.1, -0.05) is 23.7 Å². The van der Waals surface area contributed by atoms with Crippen molar-refractivity contribution >= 4 is 34.6 Å². The average Bonchev–Trinajstić information content (AvgIpc) is 2.80. The molecule has 1 aliphatic heterocycles. The van der Waals surface area contributed by atoms with Crippen LogP contribution >= 0.6 is 23.2 Å². The molecule has 1 aromatic rings. The van der Waals surface area contributed by atoms with Crippen molar-refractivity contribution in [2.45, 2.75) is 0 Å². The molecule has 20 heavy (non-hydrogen) atoms. The average molecular weight is 317 g/mol. The Morgan fingerprint density at radius 1 is 1.00 bits per heavy atom. The predicted molar refractivity (Wildman–Crippen MR) is 73.4 cm³/mol. The van der Waals surface area contributed by atoms with Gasteiger partial charge in [0.05, 0.1) is 21.2 Å². The Hall–Kier alpha value is -2.32. The number of fused-ring (bicyclic) bond motifs is 1. The van der Waals surface area contributed by atoms with E-state index in [1.807, 2.05) is 0 Å². The summed E-state index contributed by atoms with van der Waals surface area (Å²) in [4.78, 5) is 19.8. The molecule has 0 aliphatic carbocycles. The van der Waals surface area contributed by atoms with Crippen molar-refractivity contribution in [2.75, 3.05) is 10.6 Å². The highest BCUT2D eigenvalue weighted by molar-refractivity contribution is 6.39. The standard InChI is InChI=1S/C10H6Cl2N4O4/c11-7(9(12)16(19)20)8(15(17)18)10-13-5-3-1-2-4-6(5)14-10/h1-4,13-14H/b9-7+. The summed E-state index contributed by atoms with van der Waals surface area (Å²) < 4.78 is 0. The van der Waals surface area contributed by atoms with Gasteiger partial charge >= 0.3 is 10.9 Å². The summed E-state index contributed by atoms with van der Waals surface area (Å²) >= 11 is 11.0. The molecule has 0 fully saturated rings. The molecule has 1 heterocycles. The summed E-state index contributed by atoms with van der Waals surface area (Å²) in [7, 11) is 0. The van der Waals surface area contributed by atoms with Gasteiger partial charge in [-0.3, -0.25) is 20.2 Å². The van der Waals surface area contributed by atoms with E-state index < -0.39 is 25.7 Å². The second kappa shape index (κ2) is 5.35. The Kier molecular flexibility index (Phi) is 3.77. The Balaban J connectivity index is 2.52. The number of rotatable bonds is 3. The van der Waals surface area contributed by atoms with E-state index in [1.54, 1.807) is 24.3 Å². The van der Waals surface area contributed by atoms with Crippen molar-refractivity contribution in [1.82, 2.24) is 0 Å². The minimum atomic E-state index is -1.02. The number of nitrogens with zero attached hydrogens (tertiary/aromatic N) is 2. The Morgan fingerprint density at radius 2 is 1.50 bits per heavy atom. The second-order valence-corrected chi connectivity index (χ2v) is 4.37. The molecule has 1 aliphatic rings. The molecule has 2 N–H and O–H groups in total. The van der Waals surface area contributed by atoms with Crippen LogP contribution in [0.3, 0.4) is 0 Å². The lowest BCUT2D eigenvalue weighted by atomic mass is 10.3. The first kappa shape index (κ1) is 14.1. The molecule has 0 spiro atoms. The smallest absolute Gasteiger partial charge is 0.334 e. The van der Waals surface area contributed by atoms with Crippen LogP contribution < -0.4 is 10.6 Å². The van der Waals surface area contributed by atoms with E-state index in [0.29, 0.717) is 11.4 Å². The SMILES string of the molecule is O=[N+]([O-])C(=C1Nc2ccccc2N1)/C(Cl)=C(/Cl)[N+](=O)[O-]. The molecule has 0 saturated carbocycles. The van der Waals surface area contributed by atoms with Crippen molar-refractivity contribution in [1.29, 1.82) is 0 Å². The first-order valence-electron chi connectivity index (χ1n) is 5.13. The van der Waals surface area contributed by atoms with E-state index in [4.69, 9.17) is 23.2 Å². The molecule has 2 rings (SSSR count). The van der Waals surface area contributed by atoms with Gasteiger partial charge in [0.1, 0.15) is 0 Å². The zero-order valence-electron chi connectivity index (χ0n) is 9.59. The maximum Gasteiger partial charge on any atom is 0.363 e. The van der Waals surface area contributed by atoms with Gasteiger partial charge in [0.2, 0.25) is 5.03 Å². The molecule has 8 nitrogen and oxygen atoms in total. The second-order valence-electron chi connectivity index (χ2n) is 3.64. The van der Waals surface area contributed by atoms with Gasteiger partial charge in [-0.05, 0) is 23.7 Å². The van der Waals surface area contributed by atoms with Crippen LogP contribution in [-0.2, 0) is 0 Å². The topological polar surface area (TPSA) is 110 Å². The number of nitro groups is 2. The summed E-state index contributed by atoms with van der Waals surface area (Å²) in [6.07, 6.45) is 0. The Morgan fingerprint density at radius 3 is 1.90 bits per heavy atom. The first-order valence-corrected chi connectivity index (χ1v) is 5.89. The molecular formula is C10H6Cl2N4O4. The zero-order valence-corrected chi connectivity index (χ0v) is 11.1. The molecule has 1 aromatic carbocycles. The fourth-order valence-corrected chi connectivity index (χ4v) is 1.90. The summed E-state index contributed by atoms with van der Waals surface area (Å²) in [5.74, 6) is -0.0822. The van der Waals surface area contributed by atoms with Crippen molar-refractivity contribution in [3.05, 3.63) is 66.2 Å². The van der Waals surface area contributed by atoms with Crippen molar-refractivity contribution < 1.29 is 9.85 Å². The fourth-order valence-electron chi connectivity index (χ4n) is 1.58. The van der Waals surface area contributed by atoms with Crippen LogP contribution in [0.4, 0.5) is 11.4 Å². The maximum absolute atomic E-state index is 11.1. The zero-order chi connectivity index (χ0) is 14.9. The molecule has 104 valence electrons. The molecule has 0 bridgehead atoms. The first-order chi connectivity index (χ1) is 9.41. The lowest BCUT2D eigenvalue weighted by Crippen LogP contribution is -2.13. The van der Waals surface area contributed by atoms with E-state index >= 15 is 0 Å². The fraction of sp³-hybridized carbons (Fsp3) is 0. The van der Waals surface area contributed by atoms with E-state index in [1.165, 1.54) is 0 Å². The normalized spacial score (nSPS) is 13.8. The Labute approximate surface area is 122 Å². The predicted octanol–water partition coefficient (Wildman–Crippen LogP) is 2.89.